The van der Waals surface area contributed by atoms with Crippen LogP contribution in [0, 0.1) is 5.21 Å². The zero-order valence-electron chi connectivity index (χ0n) is 7.09. The molecule has 0 aromatic heterocycles. The monoisotopic (exact) mass is 165 g/mol. The maximum absolute atomic E-state index is 11.7. The third kappa shape index (κ3) is 0.995. The van der Waals surface area contributed by atoms with Crippen LogP contribution in [0.2, 0.25) is 0 Å². The van der Waals surface area contributed by atoms with E-state index in [1.165, 1.54) is 7.05 Å². The molecule has 0 aromatic rings. The molecule has 0 bridgehead atoms. The number of ether oxygens (including phenoxy) is 1. The van der Waals surface area contributed by atoms with Gasteiger partial charge in [-0.3, -0.25) is 4.65 Å². The van der Waals surface area contributed by atoms with E-state index < -0.39 is 4.65 Å². The highest BCUT2D eigenvalue weighted by Crippen LogP contribution is 2.35. The number of morpholine rings is 1. The summed E-state index contributed by atoms with van der Waals surface area (Å²) < 4.78 is 4.28. The van der Waals surface area contributed by atoms with E-state index in [-0.39, 0.29) is 22.9 Å². The highest BCUT2D eigenvalue weighted by Gasteiger charge is 2.32. The molecule has 0 spiro atoms. The number of hydrogen-bond donors (Lipinski definition) is 0. The molecule has 0 unspecified atom stereocenters. The van der Waals surface area contributed by atoms with Gasteiger partial charge in [-0.2, -0.15) is 0 Å². The molecule has 0 amide bonds. The second kappa shape index (κ2) is 2.33. The summed E-state index contributed by atoms with van der Waals surface area (Å²) in [5.74, 6) is 0.509. The molecule has 3 nitrogen and oxygen atoms in total. The third-order valence-corrected chi connectivity index (χ3v) is 1.92. The highest BCUT2D eigenvalue weighted by molar-refractivity contribution is 5.28. The minimum atomic E-state index is -0.766. The first-order chi connectivity index (χ1) is 5.37. The van der Waals surface area contributed by atoms with Crippen LogP contribution in [0.1, 0.15) is 0 Å². The second-order valence-corrected chi connectivity index (χ2v) is 2.77. The molecule has 1 heterocycles. The number of nitrogens with zero attached hydrogens (tertiary/aromatic N) is 1. The predicted molar refractivity (Wildman–Crippen MR) is 47.2 cm³/mol. The van der Waals surface area contributed by atoms with Crippen molar-refractivity contribution in [3.05, 3.63) is 54.4 Å². The zero-order valence-corrected chi connectivity index (χ0v) is 7.09. The number of hydroxylamine groups is 3. The molecule has 0 saturated carbocycles. The summed E-state index contributed by atoms with van der Waals surface area (Å²) in [6.45, 7) is 14.2. The van der Waals surface area contributed by atoms with Gasteiger partial charge in [-0.25, -0.2) is 0 Å². The Balaban J connectivity index is 3.14. The summed E-state index contributed by atoms with van der Waals surface area (Å²) in [4.78, 5) is 0. The Morgan fingerprint density at radius 3 is 1.75 bits per heavy atom. The summed E-state index contributed by atoms with van der Waals surface area (Å²) in [6.07, 6.45) is 0. The zero-order chi connectivity index (χ0) is 9.52. The van der Waals surface area contributed by atoms with E-state index in [4.69, 9.17) is 4.74 Å². The van der Waals surface area contributed by atoms with Crippen LogP contribution in [0.25, 0.3) is 0 Å². The highest BCUT2D eigenvalue weighted by atomic mass is 16.6. The number of rotatable bonds is 0. The van der Waals surface area contributed by atoms with Gasteiger partial charge in [0.1, 0.15) is 0 Å². The quantitative estimate of drug-likeness (QED) is 0.406. The molecule has 3 heteroatoms. The predicted octanol–water partition coefficient (Wildman–Crippen LogP) is 2.02. The Kier molecular flexibility index (Phi) is 1.71. The molecule has 0 aliphatic carbocycles. The fourth-order valence-electron chi connectivity index (χ4n) is 0.905. The van der Waals surface area contributed by atoms with E-state index in [0.29, 0.717) is 0 Å². The minimum Gasteiger partial charge on any atom is -0.622 e. The maximum atomic E-state index is 11.7. The fraction of sp³-hybridized carbons (Fsp3) is 0.111. The van der Waals surface area contributed by atoms with Crippen molar-refractivity contribution in [3.63, 3.8) is 0 Å². The first-order valence-electron chi connectivity index (χ1n) is 3.40. The lowest BCUT2D eigenvalue weighted by molar-refractivity contribution is -0.781. The molecule has 64 valence electrons. The smallest absolute Gasteiger partial charge is 0.181 e. The van der Waals surface area contributed by atoms with Crippen molar-refractivity contribution < 1.29 is 9.38 Å². The van der Waals surface area contributed by atoms with Gasteiger partial charge in [-0.05, 0) is 26.3 Å². The molecule has 0 radical (unpaired) electrons. The number of hydrogen-bond acceptors (Lipinski definition) is 2. The molecule has 1 aliphatic heterocycles. The Hall–Kier alpha value is -1.32. The Morgan fingerprint density at radius 1 is 1.08 bits per heavy atom. The van der Waals surface area contributed by atoms with Crippen LogP contribution in [0.5, 0.6) is 0 Å². The fourth-order valence-corrected chi connectivity index (χ4v) is 0.905. The molecule has 0 aromatic carbocycles. The molecule has 1 aliphatic rings. The van der Waals surface area contributed by atoms with Crippen LogP contribution in [0.4, 0.5) is 0 Å². The standard InChI is InChI=1S/C9H11NO2/c1-6-8(3)12-9(4)7(2)10(6,5)11/h1-4H2,5H3. The minimum absolute atomic E-state index is 0.255. The van der Waals surface area contributed by atoms with Gasteiger partial charge in [0, 0.05) is 0 Å². The molecule has 1 fully saturated rings. The molecule has 1 saturated heterocycles. The van der Waals surface area contributed by atoms with Crippen molar-refractivity contribution in [2.75, 3.05) is 7.05 Å². The summed E-state index contributed by atoms with van der Waals surface area (Å²) in [5.41, 5.74) is 0.514. The lowest BCUT2D eigenvalue weighted by Crippen LogP contribution is -2.39. The SMILES string of the molecule is C=C1OC(=C)C(=C)[N+](C)([O-])C1=C. The van der Waals surface area contributed by atoms with E-state index in [9.17, 15) is 5.21 Å². The van der Waals surface area contributed by atoms with Crippen LogP contribution in [-0.4, -0.2) is 11.7 Å². The largest absolute Gasteiger partial charge is 0.622 e. The third-order valence-electron chi connectivity index (χ3n) is 1.92. The van der Waals surface area contributed by atoms with E-state index in [1.807, 2.05) is 0 Å². The summed E-state index contributed by atoms with van der Waals surface area (Å²) >= 11 is 0. The Labute approximate surface area is 71.7 Å². The van der Waals surface area contributed by atoms with Crippen molar-refractivity contribution in [3.8, 4) is 0 Å². The Bertz CT molecular complexity index is 272. The van der Waals surface area contributed by atoms with Crippen LogP contribution in [0.15, 0.2) is 49.2 Å². The molecular formula is C9H11NO2. The van der Waals surface area contributed by atoms with Crippen LogP contribution < -0.4 is 0 Å². The second-order valence-electron chi connectivity index (χ2n) is 2.77. The van der Waals surface area contributed by atoms with E-state index in [0.717, 1.165) is 0 Å². The normalized spacial score (nSPS) is 22.5. The van der Waals surface area contributed by atoms with Crippen LogP contribution in [0.3, 0.4) is 0 Å². The van der Waals surface area contributed by atoms with Crippen molar-refractivity contribution in [2.45, 2.75) is 0 Å². The van der Waals surface area contributed by atoms with Crippen molar-refractivity contribution >= 4 is 0 Å². The molecular weight excluding hydrogens is 154 g/mol. The van der Waals surface area contributed by atoms with Gasteiger partial charge in [0.25, 0.3) is 0 Å². The van der Waals surface area contributed by atoms with Crippen molar-refractivity contribution in [1.82, 2.24) is 0 Å². The molecule has 0 N–H and O–H groups in total. The van der Waals surface area contributed by atoms with Crippen molar-refractivity contribution in [2.24, 2.45) is 0 Å². The lowest BCUT2D eigenvalue weighted by atomic mass is 10.2. The van der Waals surface area contributed by atoms with Crippen molar-refractivity contribution in [1.29, 1.82) is 0 Å². The van der Waals surface area contributed by atoms with Gasteiger partial charge in [0.15, 0.2) is 22.9 Å². The number of likely N-dealkylation sites (N-methyl/N-ethyl adjacent to an activating group) is 1. The average molecular weight is 165 g/mol. The summed E-state index contributed by atoms with van der Waals surface area (Å²) in [6, 6.07) is 0. The van der Waals surface area contributed by atoms with Gasteiger partial charge in [-0.1, -0.05) is 0 Å². The molecule has 0 atom stereocenters. The summed E-state index contributed by atoms with van der Waals surface area (Å²) in [7, 11) is 1.42. The first-order valence-corrected chi connectivity index (χ1v) is 3.40. The molecule has 1 rings (SSSR count). The average Bonchev–Trinajstić information content (AvgIpc) is 1.99. The van der Waals surface area contributed by atoms with Crippen LogP contribution in [-0.2, 0) is 4.74 Å². The van der Waals surface area contributed by atoms with Gasteiger partial charge < -0.3 is 9.94 Å². The number of quaternary nitrogens is 1. The maximum Gasteiger partial charge on any atom is 0.181 e. The van der Waals surface area contributed by atoms with E-state index >= 15 is 0 Å². The first kappa shape index (κ1) is 8.77. The lowest BCUT2D eigenvalue weighted by Gasteiger charge is -2.43. The topological polar surface area (TPSA) is 32.3 Å². The van der Waals surface area contributed by atoms with Gasteiger partial charge in [0.2, 0.25) is 0 Å². The van der Waals surface area contributed by atoms with Gasteiger partial charge >= 0.3 is 0 Å². The van der Waals surface area contributed by atoms with Crippen LogP contribution >= 0.6 is 0 Å². The molecule has 12 heavy (non-hydrogen) atoms. The van der Waals surface area contributed by atoms with Gasteiger partial charge in [0.05, 0.1) is 7.05 Å². The van der Waals surface area contributed by atoms with Gasteiger partial charge in [-0.15, -0.1) is 0 Å². The van der Waals surface area contributed by atoms with E-state index in [2.05, 4.69) is 26.3 Å². The Morgan fingerprint density at radius 2 is 1.42 bits per heavy atom. The van der Waals surface area contributed by atoms with E-state index in [1.54, 1.807) is 0 Å². The summed E-state index contributed by atoms with van der Waals surface area (Å²) in [5, 5.41) is 11.7.